The van der Waals surface area contributed by atoms with Gasteiger partial charge in [-0.2, -0.15) is 0 Å². The van der Waals surface area contributed by atoms with E-state index in [-0.39, 0.29) is 0 Å². The maximum atomic E-state index is 4.85. The molecule has 0 saturated heterocycles. The molecule has 0 unspecified atom stereocenters. The summed E-state index contributed by atoms with van der Waals surface area (Å²) in [5, 5.41) is 6.96. The van der Waals surface area contributed by atoms with Crippen LogP contribution in [0.1, 0.15) is 0 Å². The zero-order valence-corrected chi connectivity index (χ0v) is 23.0. The van der Waals surface area contributed by atoms with Gasteiger partial charge in [0.1, 0.15) is 0 Å². The van der Waals surface area contributed by atoms with Gasteiger partial charge in [0.2, 0.25) is 0 Å². The van der Waals surface area contributed by atoms with Crippen LogP contribution in [-0.2, 0) is 0 Å². The van der Waals surface area contributed by atoms with Crippen LogP contribution < -0.4 is 0 Å². The fourth-order valence-corrected chi connectivity index (χ4v) is 6.60. The van der Waals surface area contributed by atoms with Gasteiger partial charge in [-0.1, -0.05) is 54.6 Å². The zero-order chi connectivity index (χ0) is 28.3. The highest BCUT2D eigenvalue weighted by Gasteiger charge is 2.20. The van der Waals surface area contributed by atoms with Gasteiger partial charge in [0, 0.05) is 69.8 Å². The number of aromatic nitrogens is 5. The maximum Gasteiger partial charge on any atom is 0.0972 e. The Labute approximate surface area is 246 Å². The number of pyridine rings is 2. The minimum absolute atomic E-state index is 0.915. The van der Waals surface area contributed by atoms with Gasteiger partial charge in [-0.15, -0.1) is 0 Å². The number of hydrogen-bond donors (Lipinski definition) is 0. The number of benzene rings is 5. The molecule has 0 aliphatic rings. The summed E-state index contributed by atoms with van der Waals surface area (Å²) in [6.45, 7) is 0. The monoisotopic (exact) mass is 549 g/mol. The van der Waals surface area contributed by atoms with Crippen LogP contribution in [0.4, 0.5) is 0 Å². The van der Waals surface area contributed by atoms with E-state index in [1.165, 1.54) is 21.5 Å². The van der Waals surface area contributed by atoms with Gasteiger partial charge in [0.25, 0.3) is 0 Å². The second-order valence-electron chi connectivity index (χ2n) is 10.8. The molecule has 4 heterocycles. The molecule has 9 aromatic rings. The predicted molar refractivity (Wildman–Crippen MR) is 175 cm³/mol. The molecule has 5 nitrogen and oxygen atoms in total. The Balaban J connectivity index is 1.49. The van der Waals surface area contributed by atoms with Gasteiger partial charge in [0.15, 0.2) is 0 Å². The minimum atomic E-state index is 0.915. The molecule has 43 heavy (non-hydrogen) atoms. The molecule has 5 heteroatoms. The van der Waals surface area contributed by atoms with Crippen LogP contribution in [0.25, 0.3) is 82.3 Å². The molecule has 200 valence electrons. The summed E-state index contributed by atoms with van der Waals surface area (Å²) in [5.41, 5.74) is 9.72. The number of rotatable bonds is 3. The SMILES string of the molecule is c1ccc2c(c1)c1nccnc1c1ccc3c4ccccc4n(-c4cc(-c5ccncc5)cc(-c5ccncc5)c4)c3c21. The Hall–Kier alpha value is -5.94. The van der Waals surface area contributed by atoms with Gasteiger partial charge in [0.05, 0.1) is 22.1 Å². The molecule has 0 radical (unpaired) electrons. The van der Waals surface area contributed by atoms with Crippen LogP contribution >= 0.6 is 0 Å². The lowest BCUT2D eigenvalue weighted by atomic mass is 9.96. The quantitative estimate of drug-likeness (QED) is 0.206. The van der Waals surface area contributed by atoms with Crippen molar-refractivity contribution in [2.45, 2.75) is 0 Å². The second-order valence-corrected chi connectivity index (χ2v) is 10.8. The standard InChI is InChI=1S/C38H23N5/c1-2-7-31-30(6-1)35-33(37-36(31)41-19-20-42-37)10-9-32-29-5-3-4-8-34(29)43(38(32)35)28-22-26(24-11-15-39-16-12-24)21-27(23-28)25-13-17-40-18-14-25/h1-23H. The molecule has 0 bridgehead atoms. The van der Waals surface area contributed by atoms with Crippen molar-refractivity contribution >= 4 is 54.4 Å². The summed E-state index contributed by atoms with van der Waals surface area (Å²) < 4.78 is 2.43. The summed E-state index contributed by atoms with van der Waals surface area (Å²) >= 11 is 0. The van der Waals surface area contributed by atoms with Crippen LogP contribution in [0.15, 0.2) is 140 Å². The van der Waals surface area contributed by atoms with Crippen LogP contribution in [0.3, 0.4) is 0 Å². The van der Waals surface area contributed by atoms with Gasteiger partial charge < -0.3 is 4.57 Å². The van der Waals surface area contributed by atoms with Crippen molar-refractivity contribution in [1.82, 2.24) is 24.5 Å². The highest BCUT2D eigenvalue weighted by Crippen LogP contribution is 2.43. The molecule has 4 aromatic heterocycles. The van der Waals surface area contributed by atoms with E-state index in [2.05, 4.69) is 118 Å². The average Bonchev–Trinajstić information content (AvgIpc) is 3.43. The number of para-hydroxylation sites is 1. The first kappa shape index (κ1) is 23.7. The Morgan fingerprint density at radius 2 is 0.977 bits per heavy atom. The van der Waals surface area contributed by atoms with E-state index in [0.717, 1.165) is 60.8 Å². The highest BCUT2D eigenvalue weighted by atomic mass is 15.0. The average molecular weight is 550 g/mol. The lowest BCUT2D eigenvalue weighted by molar-refractivity contribution is 1.19. The van der Waals surface area contributed by atoms with E-state index in [0.29, 0.717) is 0 Å². The van der Waals surface area contributed by atoms with E-state index >= 15 is 0 Å². The first-order valence-electron chi connectivity index (χ1n) is 14.3. The molecule has 0 amide bonds. The van der Waals surface area contributed by atoms with Crippen LogP contribution in [0.5, 0.6) is 0 Å². The molecule has 0 spiro atoms. The molecule has 0 aliphatic heterocycles. The van der Waals surface area contributed by atoms with Crippen molar-refractivity contribution in [1.29, 1.82) is 0 Å². The van der Waals surface area contributed by atoms with E-state index in [1.54, 1.807) is 12.4 Å². The van der Waals surface area contributed by atoms with Gasteiger partial charge in [-0.05, 0) is 76.2 Å². The van der Waals surface area contributed by atoms with Crippen molar-refractivity contribution < 1.29 is 0 Å². The summed E-state index contributed by atoms with van der Waals surface area (Å²) in [4.78, 5) is 18.2. The van der Waals surface area contributed by atoms with Gasteiger partial charge >= 0.3 is 0 Å². The normalized spacial score (nSPS) is 11.7. The summed E-state index contributed by atoms with van der Waals surface area (Å²) in [6.07, 6.45) is 11.0. The Bertz CT molecular complexity index is 2410. The number of nitrogens with zero attached hydrogens (tertiary/aromatic N) is 5. The maximum absolute atomic E-state index is 4.85. The molecule has 9 rings (SSSR count). The Kier molecular flexibility index (Phi) is 5.13. The third-order valence-electron chi connectivity index (χ3n) is 8.44. The van der Waals surface area contributed by atoms with Crippen LogP contribution in [0, 0.1) is 0 Å². The van der Waals surface area contributed by atoms with E-state index < -0.39 is 0 Å². The molecule has 0 N–H and O–H groups in total. The fourth-order valence-electron chi connectivity index (χ4n) is 6.60. The van der Waals surface area contributed by atoms with E-state index in [1.807, 2.05) is 24.8 Å². The summed E-state index contributed by atoms with van der Waals surface area (Å²) in [6, 6.07) is 36.8. The first-order chi connectivity index (χ1) is 21.3. The Morgan fingerprint density at radius 3 is 1.65 bits per heavy atom. The largest absolute Gasteiger partial charge is 0.309 e. The highest BCUT2D eigenvalue weighted by molar-refractivity contribution is 6.32. The second kappa shape index (κ2) is 9.29. The molecule has 0 fully saturated rings. The number of fused-ring (bicyclic) bond motifs is 10. The van der Waals surface area contributed by atoms with E-state index in [9.17, 15) is 0 Å². The number of hydrogen-bond acceptors (Lipinski definition) is 4. The topological polar surface area (TPSA) is 56.5 Å². The zero-order valence-electron chi connectivity index (χ0n) is 23.0. The summed E-state index contributed by atoms with van der Waals surface area (Å²) in [7, 11) is 0. The van der Waals surface area contributed by atoms with Crippen molar-refractivity contribution in [3.8, 4) is 27.9 Å². The van der Waals surface area contributed by atoms with Crippen LogP contribution in [0.2, 0.25) is 0 Å². The third kappa shape index (κ3) is 3.58. The van der Waals surface area contributed by atoms with Gasteiger partial charge in [-0.25, -0.2) is 0 Å². The molecule has 5 aromatic carbocycles. The third-order valence-corrected chi connectivity index (χ3v) is 8.44. The van der Waals surface area contributed by atoms with Crippen molar-refractivity contribution in [2.75, 3.05) is 0 Å². The van der Waals surface area contributed by atoms with Gasteiger partial charge in [-0.3, -0.25) is 19.9 Å². The van der Waals surface area contributed by atoms with Crippen molar-refractivity contribution in [2.24, 2.45) is 0 Å². The molecular weight excluding hydrogens is 526 g/mol. The molecule has 0 saturated carbocycles. The lowest BCUT2D eigenvalue weighted by Gasteiger charge is -2.16. The lowest BCUT2D eigenvalue weighted by Crippen LogP contribution is -1.97. The smallest absolute Gasteiger partial charge is 0.0972 e. The Morgan fingerprint density at radius 1 is 0.419 bits per heavy atom. The fraction of sp³-hybridized carbons (Fsp3) is 0. The van der Waals surface area contributed by atoms with Crippen LogP contribution in [-0.4, -0.2) is 24.5 Å². The molecular formula is C38H23N5. The molecule has 0 atom stereocenters. The first-order valence-corrected chi connectivity index (χ1v) is 14.3. The molecule has 0 aliphatic carbocycles. The minimum Gasteiger partial charge on any atom is -0.309 e. The van der Waals surface area contributed by atoms with Crippen molar-refractivity contribution in [3.63, 3.8) is 0 Å². The summed E-state index contributed by atoms with van der Waals surface area (Å²) in [5.74, 6) is 0. The van der Waals surface area contributed by atoms with E-state index in [4.69, 9.17) is 9.97 Å². The van der Waals surface area contributed by atoms with Crippen molar-refractivity contribution in [3.05, 3.63) is 140 Å². The predicted octanol–water partition coefficient (Wildman–Crippen LogP) is 9.16.